The van der Waals surface area contributed by atoms with Gasteiger partial charge < -0.3 is 14.8 Å². The van der Waals surface area contributed by atoms with Gasteiger partial charge in [0.1, 0.15) is 11.3 Å². The monoisotopic (exact) mass is 403 g/mol. The van der Waals surface area contributed by atoms with Crippen molar-refractivity contribution in [3.63, 3.8) is 0 Å². The second kappa shape index (κ2) is 10.3. The molecule has 154 valence electrons. The van der Waals surface area contributed by atoms with Crippen LogP contribution in [0.1, 0.15) is 41.4 Å². The van der Waals surface area contributed by atoms with Gasteiger partial charge in [-0.25, -0.2) is 4.79 Å². The van der Waals surface area contributed by atoms with E-state index in [0.717, 1.165) is 11.1 Å². The molecule has 0 spiro atoms. The lowest BCUT2D eigenvalue weighted by Gasteiger charge is -2.22. The van der Waals surface area contributed by atoms with Crippen LogP contribution in [0.3, 0.4) is 0 Å². The number of hydrogen-bond acceptors (Lipinski definition) is 4. The molecule has 3 aromatic rings. The minimum absolute atomic E-state index is 0.293. The van der Waals surface area contributed by atoms with E-state index in [9.17, 15) is 9.59 Å². The third-order valence-corrected chi connectivity index (χ3v) is 4.61. The second-order valence-corrected chi connectivity index (χ2v) is 6.74. The summed E-state index contributed by atoms with van der Waals surface area (Å²) < 4.78 is 10.9. The van der Waals surface area contributed by atoms with Crippen molar-refractivity contribution in [3.05, 3.63) is 102 Å². The highest BCUT2D eigenvalue weighted by molar-refractivity contribution is 5.94. The predicted molar refractivity (Wildman–Crippen MR) is 115 cm³/mol. The van der Waals surface area contributed by atoms with Crippen LogP contribution < -0.4 is 10.1 Å². The van der Waals surface area contributed by atoms with E-state index in [0.29, 0.717) is 17.9 Å². The molecule has 0 aliphatic heterocycles. The molecule has 0 aromatic heterocycles. The smallest absolute Gasteiger partial charge is 0.342 e. The van der Waals surface area contributed by atoms with Gasteiger partial charge in [-0.15, -0.1) is 0 Å². The van der Waals surface area contributed by atoms with Crippen LogP contribution in [0.15, 0.2) is 84.9 Å². The van der Waals surface area contributed by atoms with Gasteiger partial charge in [0, 0.05) is 0 Å². The van der Waals surface area contributed by atoms with Crippen molar-refractivity contribution in [2.24, 2.45) is 0 Å². The fraction of sp³-hybridized carbons (Fsp3) is 0.200. The number of carbonyl (C=O) groups excluding carboxylic acids is 2. The van der Waals surface area contributed by atoms with E-state index < -0.39 is 12.1 Å². The van der Waals surface area contributed by atoms with Gasteiger partial charge in [0.2, 0.25) is 0 Å². The molecule has 0 bridgehead atoms. The molecule has 0 aliphatic carbocycles. The summed E-state index contributed by atoms with van der Waals surface area (Å²) in [5.41, 5.74) is 2.18. The summed E-state index contributed by atoms with van der Waals surface area (Å²) in [6.07, 6.45) is -0.970. The molecule has 0 aliphatic rings. The third kappa shape index (κ3) is 5.26. The van der Waals surface area contributed by atoms with Crippen molar-refractivity contribution in [1.82, 2.24) is 5.32 Å². The number of nitrogens with one attached hydrogen (secondary N) is 1. The van der Waals surface area contributed by atoms with E-state index in [4.69, 9.17) is 9.47 Å². The van der Waals surface area contributed by atoms with Crippen LogP contribution in [-0.2, 0) is 9.53 Å². The zero-order valence-electron chi connectivity index (χ0n) is 17.1. The number of rotatable bonds is 8. The van der Waals surface area contributed by atoms with Gasteiger partial charge in [-0.05, 0) is 37.1 Å². The molecule has 3 aromatic carbocycles. The zero-order chi connectivity index (χ0) is 21.3. The summed E-state index contributed by atoms with van der Waals surface area (Å²) >= 11 is 0. The molecule has 1 N–H and O–H groups in total. The molecule has 0 saturated heterocycles. The topological polar surface area (TPSA) is 64.6 Å². The Labute approximate surface area is 176 Å². The highest BCUT2D eigenvalue weighted by atomic mass is 16.5. The molecule has 0 heterocycles. The largest absolute Gasteiger partial charge is 0.493 e. The second-order valence-electron chi connectivity index (χ2n) is 6.74. The Hall–Kier alpha value is -3.60. The summed E-state index contributed by atoms with van der Waals surface area (Å²) in [6.45, 7) is 3.82. The summed E-state index contributed by atoms with van der Waals surface area (Å²) in [5, 5.41) is 3.00. The normalized spacial score (nSPS) is 11.6. The summed E-state index contributed by atoms with van der Waals surface area (Å²) in [7, 11) is 0. The van der Waals surface area contributed by atoms with Gasteiger partial charge >= 0.3 is 5.97 Å². The molecule has 0 saturated carbocycles. The number of esters is 1. The Kier molecular flexibility index (Phi) is 7.22. The molecule has 1 atom stereocenters. The lowest BCUT2D eigenvalue weighted by atomic mass is 9.98. The predicted octanol–water partition coefficient (Wildman–Crippen LogP) is 4.54. The first-order valence-corrected chi connectivity index (χ1v) is 9.93. The number of hydrogen-bond donors (Lipinski definition) is 1. The summed E-state index contributed by atoms with van der Waals surface area (Å²) in [4.78, 5) is 25.5. The van der Waals surface area contributed by atoms with Crippen LogP contribution >= 0.6 is 0 Å². The van der Waals surface area contributed by atoms with Crippen molar-refractivity contribution in [2.75, 3.05) is 6.61 Å². The van der Waals surface area contributed by atoms with E-state index in [2.05, 4.69) is 5.32 Å². The molecule has 30 heavy (non-hydrogen) atoms. The summed E-state index contributed by atoms with van der Waals surface area (Å²) in [6, 6.07) is 25.8. The highest BCUT2D eigenvalue weighted by Crippen LogP contribution is 2.23. The van der Waals surface area contributed by atoms with E-state index in [1.54, 1.807) is 31.2 Å². The SMILES string of the molecule is CCOc1ccccc1C(=O)O[C@@H](C)C(=O)NC(c1ccccc1)c1ccccc1. The highest BCUT2D eigenvalue weighted by Gasteiger charge is 2.24. The van der Waals surface area contributed by atoms with Gasteiger partial charge in [-0.2, -0.15) is 0 Å². The maximum absolute atomic E-state index is 12.9. The van der Waals surface area contributed by atoms with E-state index in [-0.39, 0.29) is 11.9 Å². The number of carbonyl (C=O) groups is 2. The van der Waals surface area contributed by atoms with Gasteiger partial charge in [0.15, 0.2) is 6.10 Å². The number of amides is 1. The fourth-order valence-corrected chi connectivity index (χ4v) is 3.10. The number of benzene rings is 3. The van der Waals surface area contributed by atoms with Crippen molar-refractivity contribution in [1.29, 1.82) is 0 Å². The molecule has 0 radical (unpaired) electrons. The Bertz CT molecular complexity index is 933. The lowest BCUT2D eigenvalue weighted by molar-refractivity contribution is -0.129. The summed E-state index contributed by atoms with van der Waals surface area (Å²) in [5.74, 6) is -0.545. The van der Waals surface area contributed by atoms with Crippen molar-refractivity contribution in [2.45, 2.75) is 26.0 Å². The van der Waals surface area contributed by atoms with Crippen LogP contribution in [0.4, 0.5) is 0 Å². The van der Waals surface area contributed by atoms with Crippen LogP contribution in [-0.4, -0.2) is 24.6 Å². The average molecular weight is 403 g/mol. The molecule has 0 unspecified atom stereocenters. The van der Waals surface area contributed by atoms with Crippen LogP contribution in [0, 0.1) is 0 Å². The quantitative estimate of drug-likeness (QED) is 0.561. The van der Waals surface area contributed by atoms with Crippen LogP contribution in [0.2, 0.25) is 0 Å². The van der Waals surface area contributed by atoms with Gasteiger partial charge in [-0.1, -0.05) is 72.8 Å². The van der Waals surface area contributed by atoms with E-state index >= 15 is 0 Å². The van der Waals surface area contributed by atoms with Crippen LogP contribution in [0.25, 0.3) is 0 Å². The molecule has 3 rings (SSSR count). The number of para-hydroxylation sites is 1. The van der Waals surface area contributed by atoms with Gasteiger partial charge in [-0.3, -0.25) is 4.79 Å². The fourth-order valence-electron chi connectivity index (χ4n) is 3.10. The minimum atomic E-state index is -0.970. The molecular formula is C25H25NO4. The first-order valence-electron chi connectivity index (χ1n) is 9.93. The number of ether oxygens (including phenoxy) is 2. The maximum Gasteiger partial charge on any atom is 0.342 e. The first kappa shape index (κ1) is 21.1. The van der Waals surface area contributed by atoms with E-state index in [1.807, 2.05) is 67.6 Å². The Morgan fingerprint density at radius 2 is 1.37 bits per heavy atom. The Balaban J connectivity index is 1.74. The van der Waals surface area contributed by atoms with Crippen molar-refractivity contribution >= 4 is 11.9 Å². The van der Waals surface area contributed by atoms with Crippen molar-refractivity contribution in [3.8, 4) is 5.75 Å². The lowest BCUT2D eigenvalue weighted by Crippen LogP contribution is -2.38. The minimum Gasteiger partial charge on any atom is -0.493 e. The maximum atomic E-state index is 12.9. The van der Waals surface area contributed by atoms with Gasteiger partial charge in [0.25, 0.3) is 5.91 Å². The molecule has 0 fully saturated rings. The first-order chi connectivity index (χ1) is 14.6. The Morgan fingerprint density at radius 1 is 0.833 bits per heavy atom. The average Bonchev–Trinajstić information content (AvgIpc) is 2.79. The Morgan fingerprint density at radius 3 is 1.93 bits per heavy atom. The zero-order valence-corrected chi connectivity index (χ0v) is 17.1. The van der Waals surface area contributed by atoms with E-state index in [1.165, 1.54) is 0 Å². The third-order valence-electron chi connectivity index (χ3n) is 4.61. The van der Waals surface area contributed by atoms with Gasteiger partial charge in [0.05, 0.1) is 12.6 Å². The van der Waals surface area contributed by atoms with Crippen LogP contribution in [0.5, 0.6) is 5.75 Å². The molecule has 5 nitrogen and oxygen atoms in total. The molecule has 1 amide bonds. The van der Waals surface area contributed by atoms with Crippen molar-refractivity contribution < 1.29 is 19.1 Å². The molecule has 5 heteroatoms. The standard InChI is InChI=1S/C25H25NO4/c1-3-29-22-17-11-10-16-21(22)25(28)30-18(2)24(27)26-23(19-12-6-4-7-13-19)20-14-8-5-9-15-20/h4-18,23H,3H2,1-2H3,(H,26,27)/t18-/m0/s1. The molecular weight excluding hydrogens is 378 g/mol.